The van der Waals surface area contributed by atoms with Gasteiger partial charge in [-0.2, -0.15) is 0 Å². The van der Waals surface area contributed by atoms with Crippen LogP contribution in [0.15, 0.2) is 103 Å². The van der Waals surface area contributed by atoms with Crippen LogP contribution in [0.4, 0.5) is 4.39 Å². The Morgan fingerprint density at radius 3 is 2.13 bits per heavy atom. The molecule has 8 heteroatoms. The molecule has 2 heterocycles. The Kier molecular flexibility index (Phi) is 12.0. The number of hydrogen-bond donors (Lipinski definition) is 0. The van der Waals surface area contributed by atoms with Crippen molar-refractivity contribution in [3.05, 3.63) is 154 Å². The Hall–Kier alpha value is -5.47. The molecule has 52 heavy (non-hydrogen) atoms. The second-order valence-corrected chi connectivity index (χ2v) is 13.4. The topological polar surface area (TPSA) is 64.1 Å². The van der Waals surface area contributed by atoms with Crippen molar-refractivity contribution in [1.82, 2.24) is 14.8 Å². The van der Waals surface area contributed by atoms with Crippen molar-refractivity contribution in [2.45, 2.75) is 47.3 Å². The van der Waals surface area contributed by atoms with E-state index < -0.39 is 0 Å². The third-order valence-corrected chi connectivity index (χ3v) is 9.30. The van der Waals surface area contributed by atoms with Gasteiger partial charge in [0.05, 0.1) is 12.8 Å². The monoisotopic (exact) mass is 699 g/mol. The highest BCUT2D eigenvalue weighted by Gasteiger charge is 2.20. The van der Waals surface area contributed by atoms with Gasteiger partial charge < -0.3 is 19.1 Å². The Balaban J connectivity index is 0.946. The summed E-state index contributed by atoms with van der Waals surface area (Å²) >= 11 is 0. The minimum absolute atomic E-state index is 0.0228. The zero-order valence-electron chi connectivity index (χ0n) is 30.4. The number of piperazine rings is 1. The number of rotatable bonds is 13. The van der Waals surface area contributed by atoms with Gasteiger partial charge in [-0.25, -0.2) is 9.37 Å². The van der Waals surface area contributed by atoms with E-state index >= 15 is 0 Å². The molecule has 5 aromatic rings. The number of aromatic nitrogens is 1. The number of hydrogen-bond acceptors (Lipinski definition) is 6. The van der Waals surface area contributed by atoms with Crippen LogP contribution in [0.5, 0.6) is 23.1 Å². The molecule has 0 unspecified atom stereocenters. The molecule has 4 aromatic carbocycles. The number of amides is 1. The van der Waals surface area contributed by atoms with Gasteiger partial charge in [0.2, 0.25) is 11.8 Å². The van der Waals surface area contributed by atoms with Gasteiger partial charge >= 0.3 is 0 Å². The lowest BCUT2D eigenvalue weighted by atomic mass is 10.0. The number of aryl methyl sites for hydroxylation is 4. The minimum atomic E-state index is -0.277. The molecular weight excluding hydrogens is 653 g/mol. The van der Waals surface area contributed by atoms with Crippen LogP contribution in [-0.2, 0) is 24.4 Å². The highest BCUT2D eigenvalue weighted by atomic mass is 19.1. The number of benzene rings is 4. The molecule has 1 aliphatic rings. The van der Waals surface area contributed by atoms with Crippen molar-refractivity contribution in [2.75, 3.05) is 32.8 Å². The van der Waals surface area contributed by atoms with Gasteiger partial charge in [-0.05, 0) is 115 Å². The summed E-state index contributed by atoms with van der Waals surface area (Å²) in [5.74, 6) is 2.42. The number of carbonyl (C=O) groups is 1. The van der Waals surface area contributed by atoms with E-state index in [-0.39, 0.29) is 11.7 Å². The summed E-state index contributed by atoms with van der Waals surface area (Å²) in [6.45, 7) is 13.1. The van der Waals surface area contributed by atoms with Crippen molar-refractivity contribution < 1.29 is 23.4 Å². The lowest BCUT2D eigenvalue weighted by Crippen LogP contribution is -2.47. The first-order valence-electron chi connectivity index (χ1n) is 17.8. The standard InChI is InChI=1S/C44H46FN3O4/c1-31-5-14-40(15-6-31)50-24-19-35-7-11-38(32(2)25-35)29-47-20-22-48(23-21-47)43(49)18-10-37-26-33(3)44(34(4)27-37)52-42-17-16-41(28-46-42)51-30-36-8-12-39(45)13-9-36/h5-18,25-28H,19-24,29-30H2,1-4H3. The first-order valence-corrected chi connectivity index (χ1v) is 17.8. The van der Waals surface area contributed by atoms with Gasteiger partial charge in [0.1, 0.15) is 29.7 Å². The molecule has 1 aromatic heterocycles. The van der Waals surface area contributed by atoms with Crippen molar-refractivity contribution in [1.29, 1.82) is 0 Å². The van der Waals surface area contributed by atoms with Gasteiger partial charge in [-0.3, -0.25) is 9.69 Å². The van der Waals surface area contributed by atoms with Crippen molar-refractivity contribution >= 4 is 12.0 Å². The van der Waals surface area contributed by atoms with E-state index in [1.165, 1.54) is 34.4 Å². The van der Waals surface area contributed by atoms with Gasteiger partial charge in [0.25, 0.3) is 0 Å². The van der Waals surface area contributed by atoms with Crippen LogP contribution in [0.3, 0.4) is 0 Å². The molecule has 7 nitrogen and oxygen atoms in total. The first kappa shape index (κ1) is 36.3. The summed E-state index contributed by atoms with van der Waals surface area (Å²) in [6.07, 6.45) is 6.02. The minimum Gasteiger partial charge on any atom is -0.493 e. The number of nitrogens with zero attached hydrogens (tertiary/aromatic N) is 3. The Bertz CT molecular complexity index is 1960. The average molecular weight is 700 g/mol. The summed E-state index contributed by atoms with van der Waals surface area (Å²) in [6, 6.07) is 28.6. The summed E-state index contributed by atoms with van der Waals surface area (Å²) in [5, 5.41) is 0. The molecule has 1 saturated heterocycles. The fourth-order valence-electron chi connectivity index (χ4n) is 6.26. The molecule has 268 valence electrons. The van der Waals surface area contributed by atoms with Crippen LogP contribution in [0.2, 0.25) is 0 Å². The first-order chi connectivity index (χ1) is 25.2. The number of ether oxygens (including phenoxy) is 3. The molecule has 0 bridgehead atoms. The van der Waals surface area contributed by atoms with E-state index in [2.05, 4.69) is 54.1 Å². The van der Waals surface area contributed by atoms with E-state index in [0.29, 0.717) is 37.9 Å². The Labute approximate surface area is 306 Å². The lowest BCUT2D eigenvalue weighted by molar-refractivity contribution is -0.127. The maximum absolute atomic E-state index is 13.1. The largest absolute Gasteiger partial charge is 0.493 e. The van der Waals surface area contributed by atoms with Gasteiger partial charge in [0.15, 0.2) is 0 Å². The van der Waals surface area contributed by atoms with E-state index in [1.807, 2.05) is 49.1 Å². The van der Waals surface area contributed by atoms with Crippen molar-refractivity contribution in [3.8, 4) is 23.1 Å². The molecule has 1 fully saturated rings. The predicted octanol–water partition coefficient (Wildman–Crippen LogP) is 8.80. The Morgan fingerprint density at radius 2 is 1.46 bits per heavy atom. The SMILES string of the molecule is Cc1ccc(OCCc2ccc(CN3CCN(C(=O)C=Cc4cc(C)c(Oc5ccc(OCc6ccc(F)cc6)cn5)c(C)c4)CC3)c(C)c2)cc1. The van der Waals surface area contributed by atoms with Crippen molar-refractivity contribution in [2.24, 2.45) is 0 Å². The second kappa shape index (κ2) is 17.2. The quantitative estimate of drug-likeness (QED) is 0.115. The molecule has 0 saturated carbocycles. The fourth-order valence-corrected chi connectivity index (χ4v) is 6.26. The van der Waals surface area contributed by atoms with Gasteiger partial charge in [0, 0.05) is 51.3 Å². The predicted molar refractivity (Wildman–Crippen MR) is 203 cm³/mol. The molecule has 0 N–H and O–H groups in total. The van der Waals surface area contributed by atoms with Crippen LogP contribution >= 0.6 is 0 Å². The van der Waals surface area contributed by atoms with Crippen LogP contribution < -0.4 is 14.2 Å². The zero-order chi connectivity index (χ0) is 36.5. The summed E-state index contributed by atoms with van der Waals surface area (Å²) in [5.41, 5.74) is 8.80. The molecule has 6 rings (SSSR count). The number of pyridine rings is 1. The number of carbonyl (C=O) groups excluding carboxylic acids is 1. The van der Waals surface area contributed by atoms with Gasteiger partial charge in [-0.1, -0.05) is 48.0 Å². The van der Waals surface area contributed by atoms with Crippen molar-refractivity contribution in [3.63, 3.8) is 0 Å². The lowest BCUT2D eigenvalue weighted by Gasteiger charge is -2.34. The average Bonchev–Trinajstić information content (AvgIpc) is 3.14. The van der Waals surface area contributed by atoms with E-state index in [1.54, 1.807) is 36.5 Å². The molecule has 0 aliphatic carbocycles. The van der Waals surface area contributed by atoms with Crippen LogP contribution in [0.25, 0.3) is 6.08 Å². The summed E-state index contributed by atoms with van der Waals surface area (Å²) in [4.78, 5) is 21.9. The number of halogens is 1. The van der Waals surface area contributed by atoms with Gasteiger partial charge in [-0.15, -0.1) is 0 Å². The fraction of sp³-hybridized carbons (Fsp3) is 0.273. The maximum Gasteiger partial charge on any atom is 0.246 e. The highest BCUT2D eigenvalue weighted by molar-refractivity contribution is 5.92. The van der Waals surface area contributed by atoms with E-state index in [9.17, 15) is 9.18 Å². The summed E-state index contributed by atoms with van der Waals surface area (Å²) in [7, 11) is 0. The second-order valence-electron chi connectivity index (χ2n) is 13.4. The molecular formula is C44H46FN3O4. The summed E-state index contributed by atoms with van der Waals surface area (Å²) < 4.78 is 31.0. The Morgan fingerprint density at radius 1 is 0.769 bits per heavy atom. The van der Waals surface area contributed by atoms with Crippen LogP contribution in [-0.4, -0.2) is 53.5 Å². The van der Waals surface area contributed by atoms with E-state index in [4.69, 9.17) is 14.2 Å². The van der Waals surface area contributed by atoms with E-state index in [0.717, 1.165) is 59.8 Å². The zero-order valence-corrected chi connectivity index (χ0v) is 30.4. The highest BCUT2D eigenvalue weighted by Crippen LogP contribution is 2.30. The molecule has 0 radical (unpaired) electrons. The molecule has 1 amide bonds. The smallest absolute Gasteiger partial charge is 0.246 e. The van der Waals surface area contributed by atoms with Crippen LogP contribution in [0, 0.1) is 33.5 Å². The molecule has 0 spiro atoms. The molecule has 1 aliphatic heterocycles. The van der Waals surface area contributed by atoms with Crippen LogP contribution in [0.1, 0.15) is 44.5 Å². The third-order valence-electron chi connectivity index (χ3n) is 9.30. The maximum atomic E-state index is 13.1. The third kappa shape index (κ3) is 10.1. The normalized spacial score (nSPS) is 13.4. The molecule has 0 atom stereocenters.